The Bertz CT molecular complexity index is 420. The molecule has 0 amide bonds. The SMILES string of the molecule is NCc1cc([C]=O)ccc1CN1CCCC1CO. The van der Waals surface area contributed by atoms with Gasteiger partial charge in [0.05, 0.1) is 6.61 Å². The van der Waals surface area contributed by atoms with Gasteiger partial charge < -0.3 is 10.8 Å². The molecule has 1 saturated heterocycles. The molecule has 4 heteroatoms. The molecular weight excluding hydrogens is 228 g/mol. The Labute approximate surface area is 107 Å². The fourth-order valence-corrected chi connectivity index (χ4v) is 2.56. The van der Waals surface area contributed by atoms with Crippen molar-refractivity contribution in [2.75, 3.05) is 13.2 Å². The zero-order valence-corrected chi connectivity index (χ0v) is 10.4. The van der Waals surface area contributed by atoms with Gasteiger partial charge in [0.2, 0.25) is 6.29 Å². The molecule has 4 nitrogen and oxygen atoms in total. The first-order valence-corrected chi connectivity index (χ1v) is 6.33. The van der Waals surface area contributed by atoms with E-state index in [-0.39, 0.29) is 12.6 Å². The molecule has 0 spiro atoms. The molecule has 0 bridgehead atoms. The lowest BCUT2D eigenvalue weighted by molar-refractivity contribution is 0.153. The number of rotatable bonds is 5. The van der Waals surface area contributed by atoms with Gasteiger partial charge in [-0.25, -0.2) is 0 Å². The van der Waals surface area contributed by atoms with Gasteiger partial charge in [0.15, 0.2) is 0 Å². The summed E-state index contributed by atoms with van der Waals surface area (Å²) in [5.41, 5.74) is 8.38. The molecule has 97 valence electrons. The molecule has 0 saturated carbocycles. The average molecular weight is 247 g/mol. The van der Waals surface area contributed by atoms with Gasteiger partial charge in [-0.05, 0) is 36.6 Å². The van der Waals surface area contributed by atoms with E-state index in [4.69, 9.17) is 5.73 Å². The van der Waals surface area contributed by atoms with E-state index in [2.05, 4.69) is 4.90 Å². The number of hydrogen-bond acceptors (Lipinski definition) is 4. The second-order valence-corrected chi connectivity index (χ2v) is 4.74. The Kier molecular flexibility index (Phi) is 4.47. The number of carbonyl (C=O) groups excluding carboxylic acids is 1. The number of aliphatic hydroxyl groups excluding tert-OH is 1. The van der Waals surface area contributed by atoms with Crippen LogP contribution < -0.4 is 5.73 Å². The number of aliphatic hydroxyl groups is 1. The lowest BCUT2D eigenvalue weighted by Crippen LogP contribution is -2.32. The smallest absolute Gasteiger partial charge is 0.233 e. The fourth-order valence-electron chi connectivity index (χ4n) is 2.56. The average Bonchev–Trinajstić information content (AvgIpc) is 2.86. The van der Waals surface area contributed by atoms with Crippen molar-refractivity contribution in [3.63, 3.8) is 0 Å². The predicted octanol–water partition coefficient (Wildman–Crippen LogP) is 0.560. The Balaban J connectivity index is 2.15. The molecule has 1 aromatic carbocycles. The van der Waals surface area contributed by atoms with Gasteiger partial charge in [-0.15, -0.1) is 0 Å². The summed E-state index contributed by atoms with van der Waals surface area (Å²) in [4.78, 5) is 12.9. The van der Waals surface area contributed by atoms with Crippen LogP contribution in [0.4, 0.5) is 0 Å². The number of benzene rings is 1. The van der Waals surface area contributed by atoms with E-state index in [1.807, 2.05) is 12.4 Å². The van der Waals surface area contributed by atoms with Gasteiger partial charge >= 0.3 is 0 Å². The van der Waals surface area contributed by atoms with Crippen molar-refractivity contribution in [2.45, 2.75) is 32.0 Å². The molecule has 2 rings (SSSR count). The van der Waals surface area contributed by atoms with Gasteiger partial charge in [0.1, 0.15) is 0 Å². The van der Waals surface area contributed by atoms with Gasteiger partial charge in [-0.1, -0.05) is 12.1 Å². The van der Waals surface area contributed by atoms with E-state index in [0.29, 0.717) is 12.1 Å². The van der Waals surface area contributed by atoms with Gasteiger partial charge in [0, 0.05) is 24.7 Å². The first kappa shape index (κ1) is 13.2. The molecule has 3 N–H and O–H groups in total. The Morgan fingerprint density at radius 1 is 1.44 bits per heavy atom. The van der Waals surface area contributed by atoms with Crippen LogP contribution in [0.2, 0.25) is 0 Å². The van der Waals surface area contributed by atoms with Crippen LogP contribution in [0.1, 0.15) is 29.5 Å². The van der Waals surface area contributed by atoms with Crippen molar-refractivity contribution >= 4 is 6.29 Å². The quantitative estimate of drug-likeness (QED) is 0.798. The van der Waals surface area contributed by atoms with E-state index < -0.39 is 0 Å². The van der Waals surface area contributed by atoms with Crippen LogP contribution in [0.3, 0.4) is 0 Å². The second kappa shape index (κ2) is 6.09. The van der Waals surface area contributed by atoms with Crippen molar-refractivity contribution in [1.82, 2.24) is 4.90 Å². The highest BCUT2D eigenvalue weighted by Crippen LogP contribution is 2.21. The third-order valence-electron chi connectivity index (χ3n) is 3.63. The van der Waals surface area contributed by atoms with Crippen molar-refractivity contribution in [2.24, 2.45) is 5.73 Å². The van der Waals surface area contributed by atoms with Crippen molar-refractivity contribution in [3.05, 3.63) is 34.9 Å². The van der Waals surface area contributed by atoms with E-state index in [0.717, 1.165) is 37.1 Å². The van der Waals surface area contributed by atoms with Crippen LogP contribution in [0.5, 0.6) is 0 Å². The normalized spacial score (nSPS) is 20.2. The molecule has 1 unspecified atom stereocenters. The van der Waals surface area contributed by atoms with E-state index in [1.54, 1.807) is 12.1 Å². The third kappa shape index (κ3) is 2.77. The molecule has 1 radical (unpaired) electrons. The monoisotopic (exact) mass is 247 g/mol. The maximum atomic E-state index is 10.6. The molecule has 1 aromatic rings. The van der Waals surface area contributed by atoms with Crippen molar-refractivity contribution < 1.29 is 9.90 Å². The molecule has 0 aliphatic carbocycles. The highest BCUT2D eigenvalue weighted by Gasteiger charge is 2.24. The van der Waals surface area contributed by atoms with Gasteiger partial charge in [-0.3, -0.25) is 9.69 Å². The topological polar surface area (TPSA) is 66.6 Å². The summed E-state index contributed by atoms with van der Waals surface area (Å²) in [6.07, 6.45) is 4.06. The standard InChI is InChI=1S/C14H19N2O2/c15-7-13-6-11(9-17)3-4-12(13)8-16-5-1-2-14(16)10-18/h3-4,6,14,18H,1-2,5,7-8,10,15H2. The van der Waals surface area contributed by atoms with E-state index >= 15 is 0 Å². The summed E-state index contributed by atoms with van der Waals surface area (Å²) in [5.74, 6) is 0. The highest BCUT2D eigenvalue weighted by molar-refractivity contribution is 5.75. The molecule has 1 aliphatic rings. The number of nitrogens with zero attached hydrogens (tertiary/aromatic N) is 1. The molecule has 1 heterocycles. The predicted molar refractivity (Wildman–Crippen MR) is 69.6 cm³/mol. The lowest BCUT2D eigenvalue weighted by Gasteiger charge is -2.23. The Morgan fingerprint density at radius 2 is 2.28 bits per heavy atom. The minimum absolute atomic E-state index is 0.207. The second-order valence-electron chi connectivity index (χ2n) is 4.74. The van der Waals surface area contributed by atoms with Crippen LogP contribution in [-0.4, -0.2) is 35.5 Å². The van der Waals surface area contributed by atoms with Crippen LogP contribution in [0.15, 0.2) is 18.2 Å². The fraction of sp³-hybridized carbons (Fsp3) is 0.500. The molecule has 0 aromatic heterocycles. The van der Waals surface area contributed by atoms with Crippen molar-refractivity contribution in [3.8, 4) is 0 Å². The molecule has 1 aliphatic heterocycles. The first-order valence-electron chi connectivity index (χ1n) is 6.33. The largest absolute Gasteiger partial charge is 0.395 e. The van der Waals surface area contributed by atoms with Crippen LogP contribution >= 0.6 is 0 Å². The van der Waals surface area contributed by atoms with Gasteiger partial charge in [-0.2, -0.15) is 0 Å². The number of likely N-dealkylation sites (tertiary alicyclic amines) is 1. The maximum Gasteiger partial charge on any atom is 0.233 e. The van der Waals surface area contributed by atoms with E-state index in [9.17, 15) is 9.90 Å². The first-order chi connectivity index (χ1) is 8.78. The zero-order chi connectivity index (χ0) is 13.0. The molecule has 18 heavy (non-hydrogen) atoms. The highest BCUT2D eigenvalue weighted by atomic mass is 16.3. The molecular formula is C14H19N2O2. The lowest BCUT2D eigenvalue weighted by atomic mass is 10.0. The summed E-state index contributed by atoms with van der Waals surface area (Å²) >= 11 is 0. The molecule has 1 fully saturated rings. The van der Waals surface area contributed by atoms with Crippen LogP contribution in [-0.2, 0) is 17.9 Å². The summed E-state index contributed by atoms with van der Waals surface area (Å²) < 4.78 is 0. The van der Waals surface area contributed by atoms with Gasteiger partial charge in [0.25, 0.3) is 0 Å². The Hall–Kier alpha value is -1.23. The van der Waals surface area contributed by atoms with Crippen LogP contribution in [0.25, 0.3) is 0 Å². The summed E-state index contributed by atoms with van der Waals surface area (Å²) in [5, 5.41) is 9.31. The Morgan fingerprint density at radius 3 is 2.94 bits per heavy atom. The number of nitrogens with two attached hydrogens (primary N) is 1. The zero-order valence-electron chi connectivity index (χ0n) is 10.4. The minimum Gasteiger partial charge on any atom is -0.395 e. The van der Waals surface area contributed by atoms with Crippen LogP contribution in [0, 0.1) is 0 Å². The van der Waals surface area contributed by atoms with E-state index in [1.165, 1.54) is 0 Å². The van der Waals surface area contributed by atoms with Crippen molar-refractivity contribution in [1.29, 1.82) is 0 Å². The number of hydrogen-bond donors (Lipinski definition) is 2. The third-order valence-corrected chi connectivity index (χ3v) is 3.63. The minimum atomic E-state index is 0.207. The summed E-state index contributed by atoms with van der Waals surface area (Å²) in [6.45, 7) is 2.42. The summed E-state index contributed by atoms with van der Waals surface area (Å²) in [7, 11) is 0. The maximum absolute atomic E-state index is 10.6. The molecule has 1 atom stereocenters. The summed E-state index contributed by atoms with van der Waals surface area (Å²) in [6, 6.07) is 5.76.